The number of ether oxygens (including phenoxy) is 1. The van der Waals surface area contributed by atoms with Gasteiger partial charge in [0.1, 0.15) is 12.8 Å². The molecule has 0 bridgehead atoms. The lowest BCUT2D eigenvalue weighted by molar-refractivity contribution is -0.118. The zero-order chi connectivity index (χ0) is 27.2. The second-order valence-electron chi connectivity index (χ2n) is 9.96. The summed E-state index contributed by atoms with van der Waals surface area (Å²) in [7, 11) is 0. The van der Waals surface area contributed by atoms with Crippen molar-refractivity contribution in [2.24, 2.45) is 11.7 Å². The number of carbonyl (C=O) groups is 2. The number of aliphatic hydroxyl groups excluding tert-OH is 1. The van der Waals surface area contributed by atoms with Gasteiger partial charge in [0.05, 0.1) is 12.1 Å². The number of nitrogens with two attached hydrogens (primary N) is 1. The highest BCUT2D eigenvalue weighted by Gasteiger charge is 2.31. The Labute approximate surface area is 223 Å². The fourth-order valence-electron chi connectivity index (χ4n) is 4.80. The van der Waals surface area contributed by atoms with E-state index in [-0.39, 0.29) is 24.3 Å². The van der Waals surface area contributed by atoms with Crippen molar-refractivity contribution in [3.8, 4) is 11.1 Å². The first kappa shape index (κ1) is 27.3. The number of benzene rings is 3. The van der Waals surface area contributed by atoms with Crippen molar-refractivity contribution < 1.29 is 19.4 Å². The molecule has 38 heavy (non-hydrogen) atoms. The highest BCUT2D eigenvalue weighted by atomic mass is 16.5. The lowest BCUT2D eigenvalue weighted by Crippen LogP contribution is -2.56. The van der Waals surface area contributed by atoms with Crippen LogP contribution in [0.2, 0.25) is 0 Å². The predicted octanol–water partition coefficient (Wildman–Crippen LogP) is 3.94. The molecule has 8 heteroatoms. The van der Waals surface area contributed by atoms with Gasteiger partial charge < -0.3 is 26.2 Å². The maximum Gasteiger partial charge on any atom is 0.407 e. The molecule has 2 amide bonds. The number of rotatable bonds is 10. The van der Waals surface area contributed by atoms with Gasteiger partial charge in [-0.1, -0.05) is 74.5 Å². The molecule has 4 rings (SSSR count). The van der Waals surface area contributed by atoms with Crippen LogP contribution in [0.25, 0.3) is 11.1 Å². The molecule has 0 aromatic heterocycles. The lowest BCUT2D eigenvalue weighted by atomic mass is 9.98. The summed E-state index contributed by atoms with van der Waals surface area (Å²) in [5.74, 6) is -0.499. The number of hydrogen-bond acceptors (Lipinski definition) is 6. The standard InChI is InChI=1S/C30H36N4O4/c1-18(2)27(29(36)32-19(3)28(35)33-21-14-12-20(16-31)13-15-21)34-30(37)38-17-26-24-10-6-4-8-22(24)23-9-5-7-11-25(23)26/h4-15,18-19,26-27,29,32,36H,16-17,31H2,1-3H3,(H,33,35)(H,34,37)/t19-,27-,29?/m0/s1. The number of nitrogens with one attached hydrogen (secondary N) is 3. The monoisotopic (exact) mass is 516 g/mol. The third-order valence-corrected chi connectivity index (χ3v) is 6.96. The Kier molecular flexibility index (Phi) is 8.78. The summed E-state index contributed by atoms with van der Waals surface area (Å²) < 4.78 is 5.64. The number of fused-ring (bicyclic) bond motifs is 3. The normalized spacial score (nSPS) is 14.8. The molecule has 0 heterocycles. The summed E-state index contributed by atoms with van der Waals surface area (Å²) >= 11 is 0. The van der Waals surface area contributed by atoms with E-state index in [1.165, 1.54) is 0 Å². The number of alkyl carbamates (subject to hydrolysis) is 1. The van der Waals surface area contributed by atoms with Crippen molar-refractivity contribution in [2.45, 2.75) is 51.5 Å². The van der Waals surface area contributed by atoms with Gasteiger partial charge in [0, 0.05) is 18.2 Å². The average molecular weight is 517 g/mol. The Hall–Kier alpha value is -3.72. The van der Waals surface area contributed by atoms with Crippen molar-refractivity contribution >= 4 is 17.7 Å². The van der Waals surface area contributed by atoms with Crippen LogP contribution in [0.4, 0.5) is 10.5 Å². The van der Waals surface area contributed by atoms with Gasteiger partial charge in [-0.2, -0.15) is 0 Å². The molecule has 0 saturated heterocycles. The molecule has 0 saturated carbocycles. The van der Waals surface area contributed by atoms with Crippen LogP contribution in [-0.4, -0.2) is 42.0 Å². The molecule has 3 aromatic rings. The second kappa shape index (κ2) is 12.2. The van der Waals surface area contributed by atoms with Crippen molar-refractivity contribution in [1.82, 2.24) is 10.6 Å². The number of anilines is 1. The minimum Gasteiger partial charge on any atom is -0.449 e. The number of aliphatic hydroxyl groups is 1. The van der Waals surface area contributed by atoms with Crippen LogP contribution in [0, 0.1) is 5.92 Å². The quantitative estimate of drug-likeness (QED) is 0.260. The van der Waals surface area contributed by atoms with Crippen molar-refractivity contribution in [1.29, 1.82) is 0 Å². The summed E-state index contributed by atoms with van der Waals surface area (Å²) in [4.78, 5) is 25.4. The number of hydrogen-bond donors (Lipinski definition) is 5. The van der Waals surface area contributed by atoms with E-state index in [1.54, 1.807) is 19.1 Å². The van der Waals surface area contributed by atoms with Gasteiger partial charge in [-0.3, -0.25) is 10.1 Å². The maximum atomic E-state index is 12.8. The second-order valence-corrected chi connectivity index (χ2v) is 9.96. The van der Waals surface area contributed by atoms with E-state index >= 15 is 0 Å². The molecular formula is C30H36N4O4. The van der Waals surface area contributed by atoms with Crippen LogP contribution < -0.4 is 21.7 Å². The van der Waals surface area contributed by atoms with Gasteiger partial charge in [0.15, 0.2) is 0 Å². The molecule has 3 aromatic carbocycles. The molecule has 0 radical (unpaired) electrons. The van der Waals surface area contributed by atoms with Crippen LogP contribution in [0.15, 0.2) is 72.8 Å². The van der Waals surface area contributed by atoms with Crippen molar-refractivity contribution in [3.63, 3.8) is 0 Å². The third kappa shape index (κ3) is 6.22. The van der Waals surface area contributed by atoms with E-state index in [4.69, 9.17) is 10.5 Å². The highest BCUT2D eigenvalue weighted by molar-refractivity contribution is 5.94. The Morgan fingerprint density at radius 3 is 2.05 bits per heavy atom. The maximum absolute atomic E-state index is 12.8. The van der Waals surface area contributed by atoms with Gasteiger partial charge in [-0.15, -0.1) is 0 Å². The average Bonchev–Trinajstić information content (AvgIpc) is 3.24. The van der Waals surface area contributed by atoms with E-state index in [1.807, 2.05) is 50.2 Å². The Morgan fingerprint density at radius 1 is 0.921 bits per heavy atom. The molecule has 0 fully saturated rings. The van der Waals surface area contributed by atoms with Crippen LogP contribution in [0.5, 0.6) is 0 Å². The lowest BCUT2D eigenvalue weighted by Gasteiger charge is -2.29. The summed E-state index contributed by atoms with van der Waals surface area (Å²) in [6.45, 7) is 6.01. The van der Waals surface area contributed by atoms with Crippen molar-refractivity contribution in [2.75, 3.05) is 11.9 Å². The van der Waals surface area contributed by atoms with Crippen molar-refractivity contribution in [3.05, 3.63) is 89.5 Å². The van der Waals surface area contributed by atoms with Gasteiger partial charge in [-0.05, 0) is 52.8 Å². The number of carbonyl (C=O) groups excluding carboxylic acids is 2. The van der Waals surface area contributed by atoms with Gasteiger partial charge in [-0.25, -0.2) is 4.79 Å². The SMILES string of the molecule is CC(C)[C@H](NC(=O)OCC1c2ccccc2-c2ccccc21)C(O)N[C@@H](C)C(=O)Nc1ccc(CN)cc1. The van der Waals surface area contributed by atoms with E-state index in [2.05, 4.69) is 40.2 Å². The van der Waals surface area contributed by atoms with Gasteiger partial charge >= 0.3 is 6.09 Å². The molecule has 0 aliphatic heterocycles. The Morgan fingerprint density at radius 2 is 1.50 bits per heavy atom. The molecule has 8 nitrogen and oxygen atoms in total. The molecular weight excluding hydrogens is 480 g/mol. The summed E-state index contributed by atoms with van der Waals surface area (Å²) in [5.41, 5.74) is 11.8. The first-order chi connectivity index (χ1) is 18.3. The molecule has 6 N–H and O–H groups in total. The van der Waals surface area contributed by atoms with E-state index < -0.39 is 24.4 Å². The Bertz CT molecular complexity index is 1220. The van der Waals surface area contributed by atoms with E-state index in [0.29, 0.717) is 12.2 Å². The van der Waals surface area contributed by atoms with Crippen LogP contribution in [0.1, 0.15) is 43.4 Å². The van der Waals surface area contributed by atoms with E-state index in [9.17, 15) is 14.7 Å². The molecule has 200 valence electrons. The van der Waals surface area contributed by atoms with Gasteiger partial charge in [0.2, 0.25) is 5.91 Å². The van der Waals surface area contributed by atoms with Gasteiger partial charge in [0.25, 0.3) is 0 Å². The number of amides is 2. The Balaban J connectivity index is 1.33. The van der Waals surface area contributed by atoms with Crippen LogP contribution in [0.3, 0.4) is 0 Å². The fourth-order valence-corrected chi connectivity index (χ4v) is 4.80. The predicted molar refractivity (Wildman–Crippen MR) is 148 cm³/mol. The molecule has 1 aliphatic carbocycles. The minimum absolute atomic E-state index is 0.0589. The molecule has 1 aliphatic rings. The molecule has 1 unspecified atom stereocenters. The smallest absolute Gasteiger partial charge is 0.407 e. The largest absolute Gasteiger partial charge is 0.449 e. The minimum atomic E-state index is -1.17. The third-order valence-electron chi connectivity index (χ3n) is 6.96. The fraction of sp³-hybridized carbons (Fsp3) is 0.333. The summed E-state index contributed by atoms with van der Waals surface area (Å²) in [6.07, 6.45) is -1.79. The van der Waals surface area contributed by atoms with Crippen LogP contribution >= 0.6 is 0 Å². The zero-order valence-corrected chi connectivity index (χ0v) is 22.0. The zero-order valence-electron chi connectivity index (χ0n) is 22.0. The first-order valence-corrected chi connectivity index (χ1v) is 12.9. The van der Waals surface area contributed by atoms with E-state index in [0.717, 1.165) is 27.8 Å². The summed E-state index contributed by atoms with van der Waals surface area (Å²) in [6, 6.07) is 22.1. The highest BCUT2D eigenvalue weighted by Crippen LogP contribution is 2.44. The summed E-state index contributed by atoms with van der Waals surface area (Å²) in [5, 5.41) is 19.3. The van der Waals surface area contributed by atoms with Crippen LogP contribution in [-0.2, 0) is 16.1 Å². The topological polar surface area (TPSA) is 126 Å². The molecule has 0 spiro atoms. The molecule has 3 atom stereocenters. The first-order valence-electron chi connectivity index (χ1n) is 12.9.